The van der Waals surface area contributed by atoms with Crippen LogP contribution in [0.1, 0.15) is 26.3 Å². The molecule has 3 aromatic rings. The van der Waals surface area contributed by atoms with E-state index in [2.05, 4.69) is 5.09 Å². The van der Waals surface area contributed by atoms with Crippen LogP contribution in [0.2, 0.25) is 0 Å². The Bertz CT molecular complexity index is 986. The summed E-state index contributed by atoms with van der Waals surface area (Å²) in [5.74, 6) is 0.0274. The van der Waals surface area contributed by atoms with Gasteiger partial charge in [0.15, 0.2) is 0 Å². The molecule has 1 unspecified atom stereocenters. The first kappa shape index (κ1) is 20.6. The zero-order valence-corrected chi connectivity index (χ0v) is 17.8. The third-order valence-electron chi connectivity index (χ3n) is 4.00. The first-order valence-corrected chi connectivity index (χ1v) is 11.8. The zero-order valence-electron chi connectivity index (χ0n) is 16.1. The van der Waals surface area contributed by atoms with Gasteiger partial charge in [0, 0.05) is 4.70 Å². The predicted molar refractivity (Wildman–Crippen MR) is 114 cm³/mol. The maximum absolute atomic E-state index is 13.7. The molecule has 0 aliphatic heterocycles. The Morgan fingerprint density at radius 1 is 1.11 bits per heavy atom. The van der Waals surface area contributed by atoms with Gasteiger partial charge in [-0.15, -0.1) is 11.3 Å². The second-order valence-electron chi connectivity index (χ2n) is 6.87. The number of fused-ring (bicyclic) bond motifs is 1. The van der Waals surface area contributed by atoms with E-state index in [1.54, 1.807) is 44.2 Å². The number of ether oxygens (including phenoxy) is 1. The van der Waals surface area contributed by atoms with Crippen LogP contribution in [0.5, 0.6) is 5.75 Å². The monoisotopic (exact) mass is 417 g/mol. The molecule has 5 nitrogen and oxygen atoms in total. The quantitative estimate of drug-likeness (QED) is 0.382. The fourth-order valence-electron chi connectivity index (χ4n) is 2.79. The largest absolute Gasteiger partial charge is 0.462 e. The number of hydrogen-bond donors (Lipinski definition) is 1. The van der Waals surface area contributed by atoms with Gasteiger partial charge in [-0.05, 0) is 67.4 Å². The molecule has 0 amide bonds. The van der Waals surface area contributed by atoms with Crippen molar-refractivity contribution >= 4 is 34.9 Å². The molecular formula is C21H24NO4PS. The molecule has 3 rings (SSSR count). The summed E-state index contributed by atoms with van der Waals surface area (Å²) < 4.78 is 26.0. The number of benzene rings is 2. The molecule has 7 heteroatoms. The van der Waals surface area contributed by atoms with Gasteiger partial charge >= 0.3 is 13.5 Å². The Labute approximate surface area is 169 Å². The fourth-order valence-corrected chi connectivity index (χ4v) is 5.61. The van der Waals surface area contributed by atoms with Crippen LogP contribution in [0.25, 0.3) is 10.1 Å². The number of nitrogens with one attached hydrogen (secondary N) is 1. The van der Waals surface area contributed by atoms with Crippen LogP contribution in [0.15, 0.2) is 60.0 Å². The molecule has 0 aliphatic rings. The SMILES string of the molecule is CC(C)OC(=O)[C@H](C)NP(=O)(Cc1ccc2sccc2c1)Oc1ccccc1. The Kier molecular flexibility index (Phi) is 6.55. The van der Waals surface area contributed by atoms with Crippen molar-refractivity contribution in [1.29, 1.82) is 0 Å². The van der Waals surface area contributed by atoms with Crippen LogP contribution in [-0.4, -0.2) is 18.1 Å². The zero-order chi connectivity index (χ0) is 20.1. The normalized spacial score (nSPS) is 14.6. The smallest absolute Gasteiger partial charge is 0.323 e. The molecule has 1 N–H and O–H groups in total. The molecule has 0 radical (unpaired) electrons. The maximum atomic E-state index is 13.7. The van der Waals surface area contributed by atoms with E-state index >= 15 is 0 Å². The number of para-hydroxylation sites is 1. The van der Waals surface area contributed by atoms with E-state index in [1.807, 2.05) is 47.8 Å². The van der Waals surface area contributed by atoms with Crippen molar-refractivity contribution in [3.05, 3.63) is 65.5 Å². The standard InChI is InChI=1S/C21H24NO4PS/c1-15(2)25-21(23)16(3)22-27(24,26-19-7-5-4-6-8-19)14-17-9-10-20-18(13-17)11-12-28-20/h4-13,15-16H,14H2,1-3H3,(H,22,24)/t16-,27?/m0/s1. The molecule has 148 valence electrons. The number of rotatable bonds is 8. The van der Waals surface area contributed by atoms with Gasteiger partial charge in [-0.25, -0.2) is 5.09 Å². The van der Waals surface area contributed by atoms with Crippen LogP contribution in [0.3, 0.4) is 0 Å². The molecule has 0 saturated heterocycles. The second kappa shape index (κ2) is 8.91. The van der Waals surface area contributed by atoms with E-state index < -0.39 is 19.5 Å². The van der Waals surface area contributed by atoms with Crippen LogP contribution in [0.4, 0.5) is 0 Å². The average molecular weight is 417 g/mol. The Balaban J connectivity index is 1.84. The minimum Gasteiger partial charge on any atom is -0.462 e. The summed E-state index contributed by atoms with van der Waals surface area (Å²) in [7, 11) is -3.42. The van der Waals surface area contributed by atoms with Crippen molar-refractivity contribution in [1.82, 2.24) is 5.09 Å². The van der Waals surface area contributed by atoms with Crippen molar-refractivity contribution in [2.24, 2.45) is 0 Å². The molecule has 28 heavy (non-hydrogen) atoms. The van der Waals surface area contributed by atoms with Gasteiger partial charge in [-0.2, -0.15) is 0 Å². The van der Waals surface area contributed by atoms with Gasteiger partial charge in [0.1, 0.15) is 11.8 Å². The third kappa shape index (κ3) is 5.44. The summed E-state index contributed by atoms with van der Waals surface area (Å²) in [6, 6.07) is 16.2. The highest BCUT2D eigenvalue weighted by molar-refractivity contribution is 7.56. The highest BCUT2D eigenvalue weighted by Crippen LogP contribution is 2.47. The Morgan fingerprint density at radius 3 is 2.57 bits per heavy atom. The Hall–Kier alpha value is -2.14. The highest BCUT2D eigenvalue weighted by Gasteiger charge is 2.31. The lowest BCUT2D eigenvalue weighted by atomic mass is 10.2. The topological polar surface area (TPSA) is 64.6 Å². The number of thiophene rings is 1. The average Bonchev–Trinajstić information content (AvgIpc) is 3.09. The number of carbonyl (C=O) groups excluding carboxylic acids is 1. The number of hydrogen-bond acceptors (Lipinski definition) is 5. The summed E-state index contributed by atoms with van der Waals surface area (Å²) >= 11 is 1.66. The molecule has 2 aromatic carbocycles. The van der Waals surface area contributed by atoms with Gasteiger partial charge in [0.2, 0.25) is 0 Å². The first-order chi connectivity index (χ1) is 13.3. The molecule has 0 saturated carbocycles. The number of carbonyl (C=O) groups is 1. The van der Waals surface area contributed by atoms with E-state index in [4.69, 9.17) is 9.26 Å². The second-order valence-corrected chi connectivity index (χ2v) is 9.92. The highest BCUT2D eigenvalue weighted by atomic mass is 32.1. The molecule has 1 heterocycles. The molecule has 0 bridgehead atoms. The van der Waals surface area contributed by atoms with E-state index in [-0.39, 0.29) is 12.3 Å². The number of esters is 1. The maximum Gasteiger partial charge on any atom is 0.323 e. The van der Waals surface area contributed by atoms with Crippen molar-refractivity contribution < 1.29 is 18.6 Å². The summed E-state index contributed by atoms with van der Waals surface area (Å²) in [4.78, 5) is 12.2. The molecule has 1 aromatic heterocycles. The molecule has 0 spiro atoms. The minimum absolute atomic E-state index is 0.160. The van der Waals surface area contributed by atoms with Crippen molar-refractivity contribution in [2.75, 3.05) is 0 Å². The van der Waals surface area contributed by atoms with Gasteiger partial charge in [-0.1, -0.05) is 24.3 Å². The van der Waals surface area contributed by atoms with E-state index in [1.165, 1.54) is 4.70 Å². The van der Waals surface area contributed by atoms with Crippen LogP contribution >= 0.6 is 18.9 Å². The Morgan fingerprint density at radius 2 is 1.86 bits per heavy atom. The summed E-state index contributed by atoms with van der Waals surface area (Å²) in [5.41, 5.74) is 0.877. The van der Waals surface area contributed by atoms with Crippen LogP contribution in [0, 0.1) is 0 Å². The molecular weight excluding hydrogens is 393 g/mol. The van der Waals surface area contributed by atoms with Gasteiger partial charge in [0.05, 0.1) is 12.3 Å². The third-order valence-corrected chi connectivity index (χ3v) is 6.97. The molecule has 2 atom stereocenters. The lowest BCUT2D eigenvalue weighted by molar-refractivity contribution is -0.149. The van der Waals surface area contributed by atoms with E-state index in [0.717, 1.165) is 10.9 Å². The minimum atomic E-state index is -3.42. The first-order valence-electron chi connectivity index (χ1n) is 9.13. The lowest BCUT2D eigenvalue weighted by Crippen LogP contribution is -2.36. The van der Waals surface area contributed by atoms with Crippen LogP contribution < -0.4 is 9.61 Å². The van der Waals surface area contributed by atoms with E-state index in [9.17, 15) is 9.36 Å². The summed E-state index contributed by atoms with van der Waals surface area (Å²) in [6.07, 6.45) is -0.0837. The fraction of sp³-hybridized carbons (Fsp3) is 0.286. The summed E-state index contributed by atoms with van der Waals surface area (Å²) in [5, 5.41) is 6.02. The van der Waals surface area contributed by atoms with Crippen molar-refractivity contribution in [2.45, 2.75) is 39.1 Å². The van der Waals surface area contributed by atoms with Crippen molar-refractivity contribution in [3.8, 4) is 5.75 Å². The lowest BCUT2D eigenvalue weighted by Gasteiger charge is -2.24. The molecule has 0 aliphatic carbocycles. The van der Waals surface area contributed by atoms with Crippen LogP contribution in [-0.2, 0) is 20.3 Å². The van der Waals surface area contributed by atoms with E-state index in [0.29, 0.717) is 5.75 Å². The molecule has 0 fully saturated rings. The van der Waals surface area contributed by atoms with Crippen molar-refractivity contribution in [3.63, 3.8) is 0 Å². The predicted octanol–water partition coefficient (Wildman–Crippen LogP) is 5.60. The van der Waals surface area contributed by atoms with Gasteiger partial charge in [0.25, 0.3) is 0 Å². The summed E-state index contributed by atoms with van der Waals surface area (Å²) in [6.45, 7) is 5.19. The van der Waals surface area contributed by atoms with Gasteiger partial charge in [-0.3, -0.25) is 9.36 Å². The van der Waals surface area contributed by atoms with Gasteiger partial charge < -0.3 is 9.26 Å².